The topological polar surface area (TPSA) is 124 Å². The Balaban J connectivity index is 1.87. The number of hydrogen-bond acceptors (Lipinski definition) is 5. The number of carboxylic acids is 1. The van der Waals surface area contributed by atoms with Crippen molar-refractivity contribution in [3.05, 3.63) is 35.4 Å². The number of carbonyl (C=O) groups excluding carboxylic acids is 3. The maximum Gasteiger partial charge on any atom is 0.328 e. The van der Waals surface area contributed by atoms with Gasteiger partial charge in [-0.25, -0.2) is 4.79 Å². The van der Waals surface area contributed by atoms with Crippen molar-refractivity contribution in [1.82, 2.24) is 10.2 Å². The van der Waals surface area contributed by atoms with Gasteiger partial charge in [-0.2, -0.15) is 0 Å². The number of carboxylic acid groups (broad SMARTS) is 1. The maximum atomic E-state index is 12.1. The molecule has 2 atom stereocenters. The van der Waals surface area contributed by atoms with E-state index >= 15 is 0 Å². The molecule has 1 aromatic rings. The van der Waals surface area contributed by atoms with Crippen molar-refractivity contribution in [3.63, 3.8) is 0 Å². The first-order valence-corrected chi connectivity index (χ1v) is 7.48. The number of benzene rings is 1. The molecular weight excluding hydrogens is 316 g/mol. The van der Waals surface area contributed by atoms with Gasteiger partial charge in [0.15, 0.2) is 6.04 Å². The van der Waals surface area contributed by atoms with Crippen molar-refractivity contribution in [2.75, 3.05) is 6.54 Å². The van der Waals surface area contributed by atoms with Crippen LogP contribution in [-0.4, -0.2) is 57.5 Å². The largest absolute Gasteiger partial charge is 0.480 e. The molecular formula is C16H18N2O6. The fraction of sp³-hybridized carbons (Fsp3) is 0.375. The van der Waals surface area contributed by atoms with Crippen LogP contribution in [0.25, 0.3) is 0 Å². The lowest BCUT2D eigenvalue weighted by atomic mass is 10.1. The predicted molar refractivity (Wildman–Crippen MR) is 82.3 cm³/mol. The van der Waals surface area contributed by atoms with Gasteiger partial charge in [-0.15, -0.1) is 0 Å². The number of rotatable bonds is 7. The number of nitrogens with zero attached hydrogens (tertiary/aromatic N) is 1. The van der Waals surface area contributed by atoms with E-state index < -0.39 is 35.8 Å². The molecule has 8 heteroatoms. The predicted octanol–water partition coefficient (Wildman–Crippen LogP) is 0.0130. The summed E-state index contributed by atoms with van der Waals surface area (Å²) < 4.78 is 0. The number of carbonyl (C=O) groups is 4. The molecule has 0 radical (unpaired) electrons. The van der Waals surface area contributed by atoms with Gasteiger partial charge in [0, 0.05) is 13.0 Å². The minimum Gasteiger partial charge on any atom is -0.480 e. The Labute approximate surface area is 138 Å². The van der Waals surface area contributed by atoms with Crippen molar-refractivity contribution in [2.24, 2.45) is 0 Å². The van der Waals surface area contributed by atoms with E-state index in [0.29, 0.717) is 11.1 Å². The zero-order valence-electron chi connectivity index (χ0n) is 13.1. The number of aliphatic hydroxyl groups is 1. The number of hydrogen-bond donors (Lipinski definition) is 3. The van der Waals surface area contributed by atoms with Crippen molar-refractivity contribution >= 4 is 23.7 Å². The summed E-state index contributed by atoms with van der Waals surface area (Å²) >= 11 is 0. The van der Waals surface area contributed by atoms with E-state index in [2.05, 4.69) is 5.32 Å². The normalized spacial score (nSPS) is 15.8. The van der Waals surface area contributed by atoms with Crippen LogP contribution >= 0.6 is 0 Å². The van der Waals surface area contributed by atoms with Gasteiger partial charge in [0.25, 0.3) is 11.8 Å². The van der Waals surface area contributed by atoms with Gasteiger partial charge < -0.3 is 15.5 Å². The van der Waals surface area contributed by atoms with Crippen LogP contribution in [0.4, 0.5) is 0 Å². The highest BCUT2D eigenvalue weighted by Crippen LogP contribution is 2.22. The molecule has 128 valence electrons. The second kappa shape index (κ2) is 7.22. The Bertz CT molecular complexity index is 650. The fourth-order valence-electron chi connectivity index (χ4n) is 2.47. The van der Waals surface area contributed by atoms with E-state index in [1.165, 1.54) is 6.92 Å². The molecule has 1 aromatic carbocycles. The smallest absolute Gasteiger partial charge is 0.328 e. The molecule has 2 unspecified atom stereocenters. The van der Waals surface area contributed by atoms with E-state index in [-0.39, 0.29) is 19.4 Å². The number of fused-ring (bicyclic) bond motifs is 1. The maximum absolute atomic E-state index is 12.1. The Kier molecular flexibility index (Phi) is 5.30. The summed E-state index contributed by atoms with van der Waals surface area (Å²) in [6.07, 6.45) is -1.10. The van der Waals surface area contributed by atoms with Gasteiger partial charge in [-0.05, 0) is 25.5 Å². The van der Waals surface area contributed by atoms with Gasteiger partial charge in [0.05, 0.1) is 17.2 Å². The third kappa shape index (κ3) is 3.60. The second-order valence-corrected chi connectivity index (χ2v) is 5.54. The molecule has 1 aliphatic heterocycles. The Morgan fingerprint density at radius 2 is 1.71 bits per heavy atom. The summed E-state index contributed by atoms with van der Waals surface area (Å²) in [6.45, 7) is 1.32. The quantitative estimate of drug-likeness (QED) is 0.604. The average Bonchev–Trinajstić information content (AvgIpc) is 2.77. The SMILES string of the molecule is CC(O)C(NC(=O)CCCN1C(=O)c2ccccc2C1=O)C(=O)O. The lowest BCUT2D eigenvalue weighted by Crippen LogP contribution is -2.47. The zero-order valence-corrected chi connectivity index (χ0v) is 13.1. The number of imide groups is 1. The van der Waals surface area contributed by atoms with Gasteiger partial charge in [-0.1, -0.05) is 12.1 Å². The molecule has 0 aromatic heterocycles. The molecule has 0 aliphatic carbocycles. The summed E-state index contributed by atoms with van der Waals surface area (Å²) in [5.74, 6) is -2.70. The van der Waals surface area contributed by atoms with E-state index in [9.17, 15) is 24.3 Å². The van der Waals surface area contributed by atoms with Gasteiger partial charge in [0.1, 0.15) is 0 Å². The zero-order chi connectivity index (χ0) is 17.9. The Morgan fingerprint density at radius 3 is 2.17 bits per heavy atom. The van der Waals surface area contributed by atoms with E-state index in [1.807, 2.05) is 0 Å². The van der Waals surface area contributed by atoms with Crippen LogP contribution in [0.2, 0.25) is 0 Å². The molecule has 8 nitrogen and oxygen atoms in total. The minimum atomic E-state index is -1.39. The van der Waals surface area contributed by atoms with Crippen molar-refractivity contribution in [2.45, 2.75) is 31.9 Å². The Hall–Kier alpha value is -2.74. The van der Waals surface area contributed by atoms with Gasteiger partial charge in [-0.3, -0.25) is 19.3 Å². The highest BCUT2D eigenvalue weighted by Gasteiger charge is 2.34. The van der Waals surface area contributed by atoms with Crippen molar-refractivity contribution in [1.29, 1.82) is 0 Å². The van der Waals surface area contributed by atoms with Gasteiger partial charge in [0.2, 0.25) is 5.91 Å². The van der Waals surface area contributed by atoms with Crippen molar-refractivity contribution in [3.8, 4) is 0 Å². The van der Waals surface area contributed by atoms with Crippen LogP contribution in [0.1, 0.15) is 40.5 Å². The fourth-order valence-corrected chi connectivity index (χ4v) is 2.47. The van der Waals surface area contributed by atoms with Crippen LogP contribution in [0.15, 0.2) is 24.3 Å². The summed E-state index contributed by atoms with van der Waals surface area (Å²) in [5.41, 5.74) is 0.680. The summed E-state index contributed by atoms with van der Waals surface area (Å²) in [6, 6.07) is 5.09. The minimum absolute atomic E-state index is 0.0617. The first-order valence-electron chi connectivity index (χ1n) is 7.48. The second-order valence-electron chi connectivity index (χ2n) is 5.54. The first-order chi connectivity index (χ1) is 11.3. The molecule has 2 rings (SSSR count). The third-order valence-corrected chi connectivity index (χ3v) is 3.73. The van der Waals surface area contributed by atoms with Crippen LogP contribution in [0, 0.1) is 0 Å². The standard InChI is InChI=1S/C16H18N2O6/c1-9(19)13(16(23)24)17-12(20)7-4-8-18-14(21)10-5-2-3-6-11(10)15(18)22/h2-3,5-6,9,13,19H,4,7-8H2,1H3,(H,17,20)(H,23,24). The summed E-state index contributed by atoms with van der Waals surface area (Å²) in [4.78, 5) is 48.0. The van der Waals surface area contributed by atoms with Crippen LogP contribution in [0.5, 0.6) is 0 Å². The molecule has 24 heavy (non-hydrogen) atoms. The van der Waals surface area contributed by atoms with Crippen LogP contribution in [-0.2, 0) is 9.59 Å². The monoisotopic (exact) mass is 334 g/mol. The Morgan fingerprint density at radius 1 is 1.17 bits per heavy atom. The first kappa shape index (κ1) is 17.6. The molecule has 0 bridgehead atoms. The molecule has 0 fully saturated rings. The van der Waals surface area contributed by atoms with Crippen molar-refractivity contribution < 1.29 is 29.4 Å². The molecule has 0 spiro atoms. The van der Waals surface area contributed by atoms with Gasteiger partial charge >= 0.3 is 5.97 Å². The number of aliphatic carboxylic acids is 1. The average molecular weight is 334 g/mol. The number of amides is 3. The van der Waals surface area contributed by atoms with Crippen LogP contribution < -0.4 is 5.32 Å². The molecule has 1 aliphatic rings. The molecule has 3 amide bonds. The summed E-state index contributed by atoms with van der Waals surface area (Å²) in [7, 11) is 0. The lowest BCUT2D eigenvalue weighted by Gasteiger charge is -2.17. The summed E-state index contributed by atoms with van der Waals surface area (Å²) in [5, 5.41) is 20.4. The van der Waals surface area contributed by atoms with E-state index in [4.69, 9.17) is 5.11 Å². The number of aliphatic hydroxyl groups excluding tert-OH is 1. The highest BCUT2D eigenvalue weighted by molar-refractivity contribution is 6.21. The highest BCUT2D eigenvalue weighted by atomic mass is 16.4. The molecule has 3 N–H and O–H groups in total. The van der Waals surface area contributed by atoms with Crippen LogP contribution in [0.3, 0.4) is 0 Å². The van der Waals surface area contributed by atoms with E-state index in [0.717, 1.165) is 4.90 Å². The van der Waals surface area contributed by atoms with E-state index in [1.54, 1.807) is 24.3 Å². The lowest BCUT2D eigenvalue weighted by molar-refractivity contribution is -0.144. The number of nitrogens with one attached hydrogen (secondary N) is 1. The molecule has 0 saturated heterocycles. The molecule has 1 heterocycles. The molecule has 0 saturated carbocycles. The third-order valence-electron chi connectivity index (χ3n) is 3.73.